The molecular weight excluding hydrogens is 472 g/mol. The highest BCUT2D eigenvalue weighted by Gasteiger charge is 2.21. The summed E-state index contributed by atoms with van der Waals surface area (Å²) in [4.78, 5) is 8.29. The van der Waals surface area contributed by atoms with E-state index in [9.17, 15) is 4.39 Å². The van der Waals surface area contributed by atoms with Crippen molar-refractivity contribution in [2.75, 3.05) is 6.61 Å². The Kier molecular flexibility index (Phi) is 6.50. The Bertz CT molecular complexity index is 961. The maximum Gasteiger partial charge on any atom is 0.189 e. The van der Waals surface area contributed by atoms with E-state index in [1.807, 2.05) is 30.3 Å². The maximum atomic E-state index is 14.3. The zero-order valence-electron chi connectivity index (χ0n) is 15.1. The Labute approximate surface area is 179 Å². The van der Waals surface area contributed by atoms with Gasteiger partial charge in [0, 0.05) is 24.4 Å². The maximum absolute atomic E-state index is 14.3. The van der Waals surface area contributed by atoms with Gasteiger partial charge in [-0.3, -0.25) is 0 Å². The van der Waals surface area contributed by atoms with Crippen molar-refractivity contribution in [3.63, 3.8) is 0 Å². The number of ether oxygens (including phenoxy) is 1. The molecule has 2 aromatic carbocycles. The van der Waals surface area contributed by atoms with Crippen LogP contribution < -0.4 is 15.8 Å². The number of aromatic nitrogens is 2. The lowest BCUT2D eigenvalue weighted by molar-refractivity contribution is 0.262. The Balaban J connectivity index is 0.00000225. The molecule has 2 heterocycles. The lowest BCUT2D eigenvalue weighted by Crippen LogP contribution is -2.37. The van der Waals surface area contributed by atoms with Crippen LogP contribution in [0.1, 0.15) is 23.6 Å². The molecule has 0 saturated carbocycles. The van der Waals surface area contributed by atoms with E-state index in [2.05, 4.69) is 15.3 Å². The van der Waals surface area contributed by atoms with Gasteiger partial charge < -0.3 is 20.4 Å². The molecule has 0 radical (unpaired) electrons. The number of nitrogens with zero attached hydrogens (tertiary/aromatic N) is 3. The quantitative estimate of drug-likeness (QED) is 0.331. The molecule has 1 unspecified atom stereocenters. The van der Waals surface area contributed by atoms with Gasteiger partial charge in [-0.15, -0.1) is 24.0 Å². The molecule has 0 fully saturated rings. The Morgan fingerprint density at radius 1 is 1.32 bits per heavy atom. The number of imidazole rings is 1. The fourth-order valence-electron chi connectivity index (χ4n) is 3.15. The number of rotatable bonds is 4. The molecule has 0 saturated heterocycles. The van der Waals surface area contributed by atoms with Crippen molar-refractivity contribution >= 4 is 29.9 Å². The van der Waals surface area contributed by atoms with Crippen LogP contribution in [0.2, 0.25) is 0 Å². The van der Waals surface area contributed by atoms with E-state index >= 15 is 0 Å². The highest BCUT2D eigenvalue weighted by molar-refractivity contribution is 14.0. The molecule has 146 valence electrons. The number of nitrogens with one attached hydrogen (secondary N) is 1. The molecular formula is C20H21FIN5O. The SMILES string of the molecule is I.NC(=NCc1ccc(-n2ccnc2)c(F)c1)NC1CCOc2ccccc21. The van der Waals surface area contributed by atoms with Gasteiger partial charge in [0.25, 0.3) is 0 Å². The summed E-state index contributed by atoms with van der Waals surface area (Å²) in [7, 11) is 0. The summed E-state index contributed by atoms with van der Waals surface area (Å²) in [5.41, 5.74) is 8.31. The predicted octanol–water partition coefficient (Wildman–Crippen LogP) is 3.56. The van der Waals surface area contributed by atoms with Crippen molar-refractivity contribution in [2.45, 2.75) is 19.0 Å². The molecule has 4 rings (SSSR count). The van der Waals surface area contributed by atoms with Crippen LogP contribution >= 0.6 is 24.0 Å². The second-order valence-electron chi connectivity index (χ2n) is 6.33. The number of hydrogen-bond acceptors (Lipinski definition) is 3. The number of aliphatic imine (C=N–C) groups is 1. The lowest BCUT2D eigenvalue weighted by atomic mass is 10.0. The van der Waals surface area contributed by atoms with Crippen molar-refractivity contribution in [3.05, 3.63) is 78.1 Å². The summed E-state index contributed by atoms with van der Waals surface area (Å²) in [6.45, 7) is 0.924. The van der Waals surface area contributed by atoms with Crippen molar-refractivity contribution in [1.29, 1.82) is 0 Å². The van der Waals surface area contributed by atoms with Crippen LogP contribution in [0.3, 0.4) is 0 Å². The minimum absolute atomic E-state index is 0. The topological polar surface area (TPSA) is 77.5 Å². The third kappa shape index (κ3) is 4.44. The number of para-hydroxylation sites is 1. The molecule has 8 heteroatoms. The molecule has 3 N–H and O–H groups in total. The monoisotopic (exact) mass is 493 g/mol. The summed E-state index contributed by atoms with van der Waals surface area (Å²) in [5, 5.41) is 3.24. The van der Waals surface area contributed by atoms with Crippen LogP contribution in [0.15, 0.2) is 66.2 Å². The number of hydrogen-bond donors (Lipinski definition) is 2. The number of halogens is 2. The number of nitrogens with two attached hydrogens (primary N) is 1. The first kappa shape index (κ1) is 20.1. The number of benzene rings is 2. The summed E-state index contributed by atoms with van der Waals surface area (Å²) >= 11 is 0. The zero-order valence-corrected chi connectivity index (χ0v) is 17.4. The average Bonchev–Trinajstić information content (AvgIpc) is 3.21. The third-order valence-electron chi connectivity index (χ3n) is 4.51. The number of guanidine groups is 1. The molecule has 6 nitrogen and oxygen atoms in total. The molecule has 0 amide bonds. The summed E-state index contributed by atoms with van der Waals surface area (Å²) in [5.74, 6) is 0.868. The predicted molar refractivity (Wildman–Crippen MR) is 117 cm³/mol. The van der Waals surface area contributed by atoms with Gasteiger partial charge in [0.2, 0.25) is 0 Å². The summed E-state index contributed by atoms with van der Waals surface area (Å²) in [6.07, 6.45) is 5.67. The standard InChI is InChI=1S/C20H20FN5O.HI/c21-16-11-14(5-6-18(16)26-9-8-23-13-26)12-24-20(22)25-17-7-10-27-19-4-2-1-3-15(17)19;/h1-6,8-9,11,13,17H,7,10,12H2,(H3,22,24,25);1H. The van der Waals surface area contributed by atoms with Crippen molar-refractivity contribution in [3.8, 4) is 11.4 Å². The van der Waals surface area contributed by atoms with Gasteiger partial charge >= 0.3 is 0 Å². The van der Waals surface area contributed by atoms with E-state index in [1.165, 1.54) is 6.07 Å². The fraction of sp³-hybridized carbons (Fsp3) is 0.200. The molecule has 3 aromatic rings. The van der Waals surface area contributed by atoms with Gasteiger partial charge in [0.15, 0.2) is 5.96 Å². The van der Waals surface area contributed by atoms with Gasteiger partial charge in [-0.2, -0.15) is 0 Å². The minimum Gasteiger partial charge on any atom is -0.493 e. The van der Waals surface area contributed by atoms with E-state index in [1.54, 1.807) is 29.4 Å². The van der Waals surface area contributed by atoms with E-state index in [0.717, 1.165) is 23.3 Å². The Morgan fingerprint density at radius 3 is 2.96 bits per heavy atom. The van der Waals surface area contributed by atoms with Gasteiger partial charge in [-0.1, -0.05) is 24.3 Å². The molecule has 1 aromatic heterocycles. The van der Waals surface area contributed by atoms with E-state index in [4.69, 9.17) is 10.5 Å². The van der Waals surface area contributed by atoms with Gasteiger partial charge in [0.1, 0.15) is 11.6 Å². The Hall–Kier alpha value is -2.62. The van der Waals surface area contributed by atoms with Gasteiger partial charge in [0.05, 0.1) is 31.2 Å². The Morgan fingerprint density at radius 2 is 2.18 bits per heavy atom. The lowest BCUT2D eigenvalue weighted by Gasteiger charge is -2.26. The first-order valence-corrected chi connectivity index (χ1v) is 8.75. The molecule has 1 aliphatic heterocycles. The smallest absolute Gasteiger partial charge is 0.189 e. The second kappa shape index (κ2) is 9.05. The third-order valence-corrected chi connectivity index (χ3v) is 4.51. The van der Waals surface area contributed by atoms with Crippen LogP contribution in [-0.2, 0) is 6.54 Å². The molecule has 1 atom stereocenters. The van der Waals surface area contributed by atoms with Crippen LogP contribution in [0.25, 0.3) is 5.69 Å². The van der Waals surface area contributed by atoms with Crippen molar-refractivity contribution in [2.24, 2.45) is 10.7 Å². The van der Waals surface area contributed by atoms with Gasteiger partial charge in [-0.25, -0.2) is 14.4 Å². The zero-order chi connectivity index (χ0) is 18.6. The molecule has 0 aliphatic carbocycles. The fourth-order valence-corrected chi connectivity index (χ4v) is 3.15. The first-order valence-electron chi connectivity index (χ1n) is 8.75. The molecule has 0 spiro atoms. The van der Waals surface area contributed by atoms with E-state index in [0.29, 0.717) is 24.8 Å². The van der Waals surface area contributed by atoms with Crippen molar-refractivity contribution in [1.82, 2.24) is 14.9 Å². The van der Waals surface area contributed by atoms with Gasteiger partial charge in [-0.05, 0) is 23.8 Å². The molecule has 0 bridgehead atoms. The van der Waals surface area contributed by atoms with Crippen LogP contribution in [0.4, 0.5) is 4.39 Å². The molecule has 1 aliphatic rings. The van der Waals surface area contributed by atoms with Crippen LogP contribution in [0.5, 0.6) is 5.75 Å². The number of fused-ring (bicyclic) bond motifs is 1. The highest BCUT2D eigenvalue weighted by Crippen LogP contribution is 2.31. The largest absolute Gasteiger partial charge is 0.493 e. The van der Waals surface area contributed by atoms with E-state index < -0.39 is 0 Å². The first-order chi connectivity index (χ1) is 13.2. The van der Waals surface area contributed by atoms with Crippen molar-refractivity contribution < 1.29 is 9.13 Å². The molecule has 28 heavy (non-hydrogen) atoms. The van der Waals surface area contributed by atoms with E-state index in [-0.39, 0.29) is 35.8 Å². The summed E-state index contributed by atoms with van der Waals surface area (Å²) < 4.78 is 21.6. The highest BCUT2D eigenvalue weighted by atomic mass is 127. The van der Waals surface area contributed by atoms with Crippen LogP contribution in [-0.4, -0.2) is 22.1 Å². The second-order valence-corrected chi connectivity index (χ2v) is 6.33. The minimum atomic E-state index is -0.328. The summed E-state index contributed by atoms with van der Waals surface area (Å²) in [6, 6.07) is 12.9. The van der Waals surface area contributed by atoms with Crippen LogP contribution in [0, 0.1) is 5.82 Å². The average molecular weight is 493 g/mol. The normalized spacial score (nSPS) is 15.9.